The maximum atomic E-state index is 12.3. The van der Waals surface area contributed by atoms with Crippen molar-refractivity contribution >= 4 is 12.0 Å². The van der Waals surface area contributed by atoms with Crippen molar-refractivity contribution in [1.82, 2.24) is 15.1 Å². The predicted molar refractivity (Wildman–Crippen MR) is 123 cm³/mol. The number of piperidine rings is 2. The van der Waals surface area contributed by atoms with Crippen molar-refractivity contribution in [3.8, 4) is 0 Å². The lowest BCUT2D eigenvalue weighted by Gasteiger charge is -2.42. The summed E-state index contributed by atoms with van der Waals surface area (Å²) in [6.45, 7) is 6.66. The van der Waals surface area contributed by atoms with Crippen LogP contribution >= 0.6 is 0 Å². The Balaban J connectivity index is 1.12. The summed E-state index contributed by atoms with van der Waals surface area (Å²) < 4.78 is 5.58. The number of benzene rings is 1. The van der Waals surface area contributed by atoms with Crippen LogP contribution in [0, 0.1) is 5.92 Å². The minimum Gasteiger partial charge on any atom is -0.446 e. The van der Waals surface area contributed by atoms with Gasteiger partial charge in [0.2, 0.25) is 5.91 Å². The molecule has 1 saturated carbocycles. The number of nitrogens with one attached hydrogen (secondary N) is 1. The van der Waals surface area contributed by atoms with Crippen LogP contribution in [0.15, 0.2) is 24.3 Å². The Labute approximate surface area is 191 Å². The second-order valence-electron chi connectivity index (χ2n) is 10.5. The zero-order chi connectivity index (χ0) is 22.1. The van der Waals surface area contributed by atoms with E-state index in [-0.39, 0.29) is 29.6 Å². The zero-order valence-corrected chi connectivity index (χ0v) is 19.4. The maximum Gasteiger partial charge on any atom is 0.410 e. The van der Waals surface area contributed by atoms with Crippen LogP contribution in [0.3, 0.4) is 0 Å². The Morgan fingerprint density at radius 1 is 1.06 bits per heavy atom. The molecule has 3 fully saturated rings. The van der Waals surface area contributed by atoms with Gasteiger partial charge in [0.05, 0.1) is 6.04 Å². The third-order valence-electron chi connectivity index (χ3n) is 8.40. The van der Waals surface area contributed by atoms with E-state index < -0.39 is 0 Å². The maximum absolute atomic E-state index is 12.3. The molecule has 1 spiro atoms. The molecule has 2 saturated heterocycles. The standard InChI is InChI=1S/C26H37N3O3/c1-19(30)27-24-17-26(23-8-3-2-7-22(23)24)11-15-28(16-12-26)18-20-9-13-29(14-10-20)25(31)32-21-5-4-6-21/h2-3,7-8,20-21,24H,4-6,9-18H2,1H3,(H,27,30)/t24-/m0/s1. The van der Waals surface area contributed by atoms with E-state index >= 15 is 0 Å². The molecule has 0 bridgehead atoms. The Bertz CT molecular complexity index is 836. The third kappa shape index (κ3) is 4.39. The number of ether oxygens (including phenoxy) is 1. The number of hydrogen-bond acceptors (Lipinski definition) is 4. The van der Waals surface area contributed by atoms with Crippen molar-refractivity contribution < 1.29 is 14.3 Å². The fraction of sp³-hybridized carbons (Fsp3) is 0.692. The lowest BCUT2D eigenvalue weighted by atomic mass is 9.73. The summed E-state index contributed by atoms with van der Waals surface area (Å²) >= 11 is 0. The largest absolute Gasteiger partial charge is 0.446 e. The van der Waals surface area contributed by atoms with Gasteiger partial charge in [-0.05, 0) is 81.5 Å². The number of fused-ring (bicyclic) bond motifs is 2. The van der Waals surface area contributed by atoms with Gasteiger partial charge in [0.25, 0.3) is 0 Å². The van der Waals surface area contributed by atoms with E-state index in [4.69, 9.17) is 4.74 Å². The van der Waals surface area contributed by atoms with Crippen molar-refractivity contribution in [3.63, 3.8) is 0 Å². The van der Waals surface area contributed by atoms with Gasteiger partial charge in [-0.1, -0.05) is 24.3 Å². The van der Waals surface area contributed by atoms with Crippen LogP contribution in [0.2, 0.25) is 0 Å². The van der Waals surface area contributed by atoms with Gasteiger partial charge in [-0.15, -0.1) is 0 Å². The molecule has 32 heavy (non-hydrogen) atoms. The molecule has 1 atom stereocenters. The number of hydrogen-bond donors (Lipinski definition) is 1. The molecular formula is C26H37N3O3. The van der Waals surface area contributed by atoms with Crippen LogP contribution in [-0.4, -0.2) is 60.6 Å². The first-order chi connectivity index (χ1) is 15.5. The molecule has 1 N–H and O–H groups in total. The van der Waals surface area contributed by atoms with Gasteiger partial charge < -0.3 is 19.9 Å². The molecule has 2 heterocycles. The number of nitrogens with zero attached hydrogens (tertiary/aromatic N) is 2. The van der Waals surface area contributed by atoms with Crippen LogP contribution in [0.5, 0.6) is 0 Å². The quantitative estimate of drug-likeness (QED) is 0.770. The molecule has 2 amide bonds. The molecule has 0 unspecified atom stereocenters. The van der Waals surface area contributed by atoms with Crippen molar-refractivity contribution in [3.05, 3.63) is 35.4 Å². The molecule has 2 aliphatic heterocycles. The van der Waals surface area contributed by atoms with Gasteiger partial charge >= 0.3 is 6.09 Å². The van der Waals surface area contributed by atoms with Crippen molar-refractivity contribution in [2.45, 2.75) is 75.9 Å². The smallest absolute Gasteiger partial charge is 0.410 e. The summed E-state index contributed by atoms with van der Waals surface area (Å²) in [6.07, 6.45) is 8.85. The fourth-order valence-electron chi connectivity index (χ4n) is 6.27. The molecule has 6 heteroatoms. The summed E-state index contributed by atoms with van der Waals surface area (Å²) in [5.41, 5.74) is 2.98. The van der Waals surface area contributed by atoms with Gasteiger partial charge in [-0.3, -0.25) is 4.79 Å². The first-order valence-corrected chi connectivity index (χ1v) is 12.6. The van der Waals surface area contributed by atoms with E-state index in [2.05, 4.69) is 34.5 Å². The molecule has 0 aromatic heterocycles. The normalized spacial score (nSPS) is 25.9. The molecule has 6 nitrogen and oxygen atoms in total. The number of amides is 2. The Morgan fingerprint density at radius 2 is 1.78 bits per heavy atom. The van der Waals surface area contributed by atoms with Gasteiger partial charge in [-0.25, -0.2) is 4.79 Å². The molecule has 4 aliphatic rings. The van der Waals surface area contributed by atoms with Gasteiger partial charge in [0.15, 0.2) is 0 Å². The van der Waals surface area contributed by atoms with Gasteiger partial charge in [0.1, 0.15) is 6.10 Å². The summed E-state index contributed by atoms with van der Waals surface area (Å²) in [4.78, 5) is 28.6. The van der Waals surface area contributed by atoms with Crippen LogP contribution in [0.4, 0.5) is 4.79 Å². The lowest BCUT2D eigenvalue weighted by Crippen LogP contribution is -2.46. The molecular weight excluding hydrogens is 402 g/mol. The Hall–Kier alpha value is -2.08. The van der Waals surface area contributed by atoms with Crippen molar-refractivity contribution in [1.29, 1.82) is 0 Å². The fourth-order valence-corrected chi connectivity index (χ4v) is 6.27. The highest BCUT2D eigenvalue weighted by molar-refractivity contribution is 5.74. The average molecular weight is 440 g/mol. The number of likely N-dealkylation sites (tertiary alicyclic amines) is 2. The predicted octanol–water partition coefficient (Wildman–Crippen LogP) is 4.00. The van der Waals surface area contributed by atoms with Crippen LogP contribution < -0.4 is 5.32 Å². The minimum absolute atomic E-state index is 0.0576. The van der Waals surface area contributed by atoms with E-state index in [0.717, 1.165) is 77.7 Å². The highest BCUT2D eigenvalue weighted by Gasteiger charge is 2.45. The molecule has 2 aliphatic carbocycles. The molecule has 1 aromatic carbocycles. The van der Waals surface area contributed by atoms with Crippen molar-refractivity contribution in [2.75, 3.05) is 32.7 Å². The Morgan fingerprint density at radius 3 is 2.44 bits per heavy atom. The van der Waals surface area contributed by atoms with Gasteiger partial charge in [-0.2, -0.15) is 0 Å². The highest BCUT2D eigenvalue weighted by atomic mass is 16.6. The molecule has 0 radical (unpaired) electrons. The van der Waals surface area contributed by atoms with Crippen molar-refractivity contribution in [2.24, 2.45) is 5.92 Å². The zero-order valence-electron chi connectivity index (χ0n) is 19.4. The summed E-state index contributed by atoms with van der Waals surface area (Å²) in [6, 6.07) is 8.87. The molecule has 1 aromatic rings. The second-order valence-corrected chi connectivity index (χ2v) is 10.5. The number of carbonyl (C=O) groups is 2. The average Bonchev–Trinajstić information content (AvgIpc) is 3.05. The number of carbonyl (C=O) groups excluding carboxylic acids is 2. The van der Waals surface area contributed by atoms with Crippen LogP contribution in [0.25, 0.3) is 0 Å². The second kappa shape index (κ2) is 9.05. The lowest BCUT2D eigenvalue weighted by molar-refractivity contribution is -0.119. The summed E-state index contributed by atoms with van der Waals surface area (Å²) in [5.74, 6) is 0.724. The van der Waals surface area contributed by atoms with Gasteiger partial charge in [0, 0.05) is 32.0 Å². The molecule has 174 valence electrons. The molecule has 5 rings (SSSR count). The Kier molecular flexibility index (Phi) is 6.15. The SMILES string of the molecule is CC(=O)N[C@H]1CC2(CCN(CC3CCN(C(=O)OC4CCC4)CC3)CC2)c2ccccc21. The third-order valence-corrected chi connectivity index (χ3v) is 8.40. The number of rotatable bonds is 4. The monoisotopic (exact) mass is 439 g/mol. The highest BCUT2D eigenvalue weighted by Crippen LogP contribution is 2.50. The first kappa shape index (κ1) is 21.7. The van der Waals surface area contributed by atoms with E-state index in [0.29, 0.717) is 5.92 Å². The topological polar surface area (TPSA) is 61.9 Å². The minimum atomic E-state index is -0.0957. The summed E-state index contributed by atoms with van der Waals surface area (Å²) in [5, 5.41) is 3.18. The summed E-state index contributed by atoms with van der Waals surface area (Å²) in [7, 11) is 0. The van der Waals surface area contributed by atoms with E-state index in [1.54, 1.807) is 6.92 Å². The van der Waals surface area contributed by atoms with E-state index in [1.807, 2.05) is 4.90 Å². The van der Waals surface area contributed by atoms with E-state index in [9.17, 15) is 9.59 Å². The van der Waals surface area contributed by atoms with E-state index in [1.165, 1.54) is 17.5 Å². The van der Waals surface area contributed by atoms with Crippen LogP contribution in [-0.2, 0) is 14.9 Å². The van der Waals surface area contributed by atoms with Crippen LogP contribution in [0.1, 0.15) is 75.5 Å². The first-order valence-electron chi connectivity index (χ1n) is 12.6.